The van der Waals surface area contributed by atoms with Crippen molar-refractivity contribution in [3.05, 3.63) is 166 Å². The lowest BCUT2D eigenvalue weighted by Gasteiger charge is -2.50. The van der Waals surface area contributed by atoms with Gasteiger partial charge in [0, 0.05) is 21.4 Å². The van der Waals surface area contributed by atoms with Gasteiger partial charge >= 0.3 is 0 Å². The molecular formula is C38H28OS. The van der Waals surface area contributed by atoms with Crippen LogP contribution < -0.4 is 4.74 Å². The van der Waals surface area contributed by atoms with Crippen LogP contribution in [0.4, 0.5) is 0 Å². The molecule has 0 saturated heterocycles. The zero-order valence-electron chi connectivity index (χ0n) is 22.5. The van der Waals surface area contributed by atoms with E-state index < -0.39 is 5.41 Å². The lowest BCUT2D eigenvalue weighted by molar-refractivity contribution is 0.425. The molecule has 1 spiro atoms. The molecule has 0 saturated carbocycles. The molecule has 5 aromatic carbocycles. The highest BCUT2D eigenvalue weighted by molar-refractivity contribution is 7.13. The van der Waals surface area contributed by atoms with Crippen LogP contribution in [0, 0.1) is 0 Å². The van der Waals surface area contributed by atoms with Crippen molar-refractivity contribution in [2.24, 2.45) is 0 Å². The molecule has 1 aromatic heterocycles. The van der Waals surface area contributed by atoms with Crippen molar-refractivity contribution in [3.8, 4) is 33.1 Å². The molecule has 6 aromatic rings. The molecule has 2 aliphatic rings. The summed E-state index contributed by atoms with van der Waals surface area (Å²) in [5.41, 5.74) is 10.8. The molecule has 0 amide bonds. The SMILES string of the molecule is CC1(C)c2ccccc2C2(c3ccccc3Oc3ccccc32)c2cc(-c3cccc(-c4cccs4)c3)ccc21. The predicted molar refractivity (Wildman–Crippen MR) is 166 cm³/mol. The molecule has 0 unspecified atom stereocenters. The minimum absolute atomic E-state index is 0.156. The quantitative estimate of drug-likeness (QED) is 0.215. The third kappa shape index (κ3) is 3.14. The highest BCUT2D eigenvalue weighted by Crippen LogP contribution is 2.61. The Labute approximate surface area is 239 Å². The molecule has 40 heavy (non-hydrogen) atoms. The lowest BCUT2D eigenvalue weighted by Crippen LogP contribution is -2.43. The molecule has 192 valence electrons. The Morgan fingerprint density at radius 2 is 1.07 bits per heavy atom. The highest BCUT2D eigenvalue weighted by atomic mass is 32.1. The summed E-state index contributed by atoms with van der Waals surface area (Å²) in [6, 6.07) is 46.6. The number of rotatable bonds is 2. The van der Waals surface area contributed by atoms with Gasteiger partial charge in [0.2, 0.25) is 0 Å². The molecule has 1 nitrogen and oxygen atoms in total. The maximum Gasteiger partial charge on any atom is 0.132 e. The monoisotopic (exact) mass is 532 g/mol. The van der Waals surface area contributed by atoms with Crippen LogP contribution in [0.15, 0.2) is 133 Å². The molecule has 0 atom stereocenters. The van der Waals surface area contributed by atoms with Gasteiger partial charge in [0.25, 0.3) is 0 Å². The molecule has 1 aliphatic heterocycles. The third-order valence-corrected chi connectivity index (χ3v) is 9.82. The van der Waals surface area contributed by atoms with Gasteiger partial charge in [0.05, 0.1) is 5.41 Å². The molecular weight excluding hydrogens is 504 g/mol. The van der Waals surface area contributed by atoms with Gasteiger partial charge in [-0.3, -0.25) is 0 Å². The van der Waals surface area contributed by atoms with E-state index in [0.29, 0.717) is 0 Å². The van der Waals surface area contributed by atoms with Crippen molar-refractivity contribution in [2.45, 2.75) is 24.7 Å². The molecule has 2 heterocycles. The van der Waals surface area contributed by atoms with Gasteiger partial charge in [0.1, 0.15) is 11.5 Å². The van der Waals surface area contributed by atoms with E-state index in [2.05, 4.69) is 147 Å². The fourth-order valence-corrected chi connectivity index (χ4v) is 7.82. The van der Waals surface area contributed by atoms with Crippen molar-refractivity contribution in [2.75, 3.05) is 0 Å². The van der Waals surface area contributed by atoms with Gasteiger partial charge in [-0.25, -0.2) is 0 Å². The number of fused-ring (bicyclic) bond motifs is 8. The predicted octanol–water partition coefficient (Wildman–Crippen LogP) is 10.2. The highest BCUT2D eigenvalue weighted by Gasteiger charge is 2.52. The fraction of sp³-hybridized carbons (Fsp3) is 0.105. The summed E-state index contributed by atoms with van der Waals surface area (Å²) in [5.74, 6) is 1.85. The van der Waals surface area contributed by atoms with E-state index >= 15 is 0 Å². The average molecular weight is 533 g/mol. The van der Waals surface area contributed by atoms with Crippen molar-refractivity contribution < 1.29 is 4.74 Å². The molecule has 2 heteroatoms. The van der Waals surface area contributed by atoms with Crippen LogP contribution in [0.25, 0.3) is 21.6 Å². The second kappa shape index (κ2) is 8.55. The second-order valence-corrected chi connectivity index (χ2v) is 12.3. The Kier molecular flexibility index (Phi) is 5.02. The first kappa shape index (κ1) is 23.5. The summed E-state index contributed by atoms with van der Waals surface area (Å²) >= 11 is 1.78. The Hall–Kier alpha value is -4.40. The average Bonchev–Trinajstić information content (AvgIpc) is 3.55. The number of benzene rings is 5. The maximum atomic E-state index is 6.56. The Bertz CT molecular complexity index is 1870. The minimum Gasteiger partial charge on any atom is -0.457 e. The molecule has 0 fully saturated rings. The van der Waals surface area contributed by atoms with Crippen molar-refractivity contribution in [3.63, 3.8) is 0 Å². The van der Waals surface area contributed by atoms with E-state index in [1.807, 2.05) is 0 Å². The normalized spacial score (nSPS) is 15.3. The van der Waals surface area contributed by atoms with Crippen LogP contribution in [0.3, 0.4) is 0 Å². The van der Waals surface area contributed by atoms with Gasteiger partial charge in [0.15, 0.2) is 0 Å². The van der Waals surface area contributed by atoms with Gasteiger partial charge in [-0.1, -0.05) is 111 Å². The Morgan fingerprint density at radius 3 is 1.77 bits per heavy atom. The number of hydrogen-bond donors (Lipinski definition) is 0. The van der Waals surface area contributed by atoms with Crippen LogP contribution in [-0.4, -0.2) is 0 Å². The standard InChI is InChI=1S/C38H28OS/c1-37(2)28-13-3-4-14-30(28)38(31-15-5-7-17-34(31)39-35-18-8-6-16-32(35)38)33-24-26(20-21-29(33)37)25-11-9-12-27(23-25)36-19-10-22-40-36/h3-24H,1-2H3. The van der Waals surface area contributed by atoms with E-state index in [4.69, 9.17) is 4.74 Å². The zero-order chi connectivity index (χ0) is 26.9. The number of ether oxygens (including phenoxy) is 1. The van der Waals surface area contributed by atoms with Gasteiger partial charge < -0.3 is 4.74 Å². The Balaban J connectivity index is 1.48. The zero-order valence-corrected chi connectivity index (χ0v) is 23.3. The molecule has 0 bridgehead atoms. The lowest BCUT2D eigenvalue weighted by atomic mass is 9.53. The number of hydrogen-bond acceptors (Lipinski definition) is 2. The topological polar surface area (TPSA) is 9.23 Å². The van der Waals surface area contributed by atoms with Crippen LogP contribution in [-0.2, 0) is 10.8 Å². The first-order chi connectivity index (χ1) is 19.6. The van der Waals surface area contributed by atoms with E-state index in [-0.39, 0.29) is 5.41 Å². The van der Waals surface area contributed by atoms with Crippen LogP contribution in [0.2, 0.25) is 0 Å². The molecule has 8 rings (SSSR count). The van der Waals surface area contributed by atoms with Gasteiger partial charge in [-0.15, -0.1) is 11.3 Å². The second-order valence-electron chi connectivity index (χ2n) is 11.3. The summed E-state index contributed by atoms with van der Waals surface area (Å²) in [5, 5.41) is 2.14. The molecule has 0 N–H and O–H groups in total. The summed E-state index contributed by atoms with van der Waals surface area (Å²) in [7, 11) is 0. The van der Waals surface area contributed by atoms with Crippen LogP contribution >= 0.6 is 11.3 Å². The van der Waals surface area contributed by atoms with Gasteiger partial charge in [-0.2, -0.15) is 0 Å². The summed E-state index contributed by atoms with van der Waals surface area (Å²) in [4.78, 5) is 1.29. The first-order valence-electron chi connectivity index (χ1n) is 13.8. The number of thiophene rings is 1. The van der Waals surface area contributed by atoms with E-state index in [1.165, 1.54) is 54.9 Å². The van der Waals surface area contributed by atoms with Crippen molar-refractivity contribution >= 4 is 11.3 Å². The van der Waals surface area contributed by atoms with Gasteiger partial charge in [-0.05, 0) is 74.7 Å². The number of para-hydroxylation sites is 2. The molecule has 1 aliphatic carbocycles. The summed E-state index contributed by atoms with van der Waals surface area (Å²) in [6.45, 7) is 4.73. The van der Waals surface area contributed by atoms with Crippen LogP contribution in [0.1, 0.15) is 47.2 Å². The summed E-state index contributed by atoms with van der Waals surface area (Å²) < 4.78 is 6.56. The first-order valence-corrected chi connectivity index (χ1v) is 14.7. The fourth-order valence-electron chi connectivity index (χ4n) is 7.09. The summed E-state index contributed by atoms with van der Waals surface area (Å²) in [6.07, 6.45) is 0. The minimum atomic E-state index is -0.492. The van der Waals surface area contributed by atoms with Crippen LogP contribution in [0.5, 0.6) is 11.5 Å². The smallest absolute Gasteiger partial charge is 0.132 e. The molecule has 0 radical (unpaired) electrons. The third-order valence-electron chi connectivity index (χ3n) is 8.90. The maximum absolute atomic E-state index is 6.56. The van der Waals surface area contributed by atoms with E-state index in [9.17, 15) is 0 Å². The van der Waals surface area contributed by atoms with E-state index in [0.717, 1.165) is 11.5 Å². The Morgan fingerprint density at radius 1 is 0.475 bits per heavy atom. The van der Waals surface area contributed by atoms with Crippen molar-refractivity contribution in [1.29, 1.82) is 0 Å². The largest absolute Gasteiger partial charge is 0.457 e. The van der Waals surface area contributed by atoms with E-state index in [1.54, 1.807) is 11.3 Å². The van der Waals surface area contributed by atoms with Crippen molar-refractivity contribution in [1.82, 2.24) is 0 Å².